The first-order valence-electron chi connectivity index (χ1n) is 8.08. The van der Waals surface area contributed by atoms with E-state index in [1.54, 1.807) is 29.1 Å². The molecule has 0 amide bonds. The first-order chi connectivity index (χ1) is 12.7. The van der Waals surface area contributed by atoms with Crippen molar-refractivity contribution in [2.24, 2.45) is 0 Å². The Morgan fingerprint density at radius 1 is 0.846 bits per heavy atom. The molecule has 126 valence electrons. The van der Waals surface area contributed by atoms with Crippen LogP contribution in [-0.4, -0.2) is 14.5 Å². The van der Waals surface area contributed by atoms with Crippen LogP contribution >= 0.6 is 0 Å². The molecule has 0 aliphatic rings. The van der Waals surface area contributed by atoms with Crippen molar-refractivity contribution in [2.45, 2.75) is 0 Å². The minimum Gasteiger partial charge on any atom is -0.283 e. The molecular formula is C21H14FN3O. The second-order valence-corrected chi connectivity index (χ2v) is 5.74. The van der Waals surface area contributed by atoms with E-state index in [9.17, 15) is 9.18 Å². The number of hydrogen-bond acceptors (Lipinski definition) is 3. The van der Waals surface area contributed by atoms with E-state index in [0.29, 0.717) is 11.1 Å². The zero-order chi connectivity index (χ0) is 17.9. The summed E-state index contributed by atoms with van der Waals surface area (Å²) in [5.41, 5.74) is 3.06. The second kappa shape index (κ2) is 6.72. The molecule has 0 N–H and O–H groups in total. The number of benzene rings is 1. The smallest absolute Gasteiger partial charge is 0.263 e. The van der Waals surface area contributed by atoms with Gasteiger partial charge in [0.1, 0.15) is 0 Å². The molecule has 0 spiro atoms. The summed E-state index contributed by atoms with van der Waals surface area (Å²) in [7, 11) is 0. The highest BCUT2D eigenvalue weighted by molar-refractivity contribution is 5.70. The van der Waals surface area contributed by atoms with Crippen LogP contribution < -0.4 is 5.56 Å². The van der Waals surface area contributed by atoms with E-state index in [0.717, 1.165) is 16.9 Å². The fraction of sp³-hybridized carbons (Fsp3) is 0. The Balaban J connectivity index is 1.99. The molecule has 4 nitrogen and oxygen atoms in total. The Morgan fingerprint density at radius 3 is 2.35 bits per heavy atom. The van der Waals surface area contributed by atoms with Crippen molar-refractivity contribution in [3.8, 4) is 28.1 Å². The quantitative estimate of drug-likeness (QED) is 0.526. The molecule has 3 aromatic heterocycles. The summed E-state index contributed by atoms with van der Waals surface area (Å²) in [5.74, 6) is -0.585. The van der Waals surface area contributed by atoms with Gasteiger partial charge in [-0.15, -0.1) is 0 Å². The summed E-state index contributed by atoms with van der Waals surface area (Å²) in [6, 6.07) is 19.5. The van der Waals surface area contributed by atoms with Crippen molar-refractivity contribution in [1.82, 2.24) is 14.5 Å². The van der Waals surface area contributed by atoms with Crippen molar-refractivity contribution >= 4 is 0 Å². The number of halogens is 1. The van der Waals surface area contributed by atoms with Gasteiger partial charge < -0.3 is 0 Å². The lowest BCUT2D eigenvalue weighted by Crippen LogP contribution is -2.20. The number of nitrogens with zero attached hydrogens (tertiary/aromatic N) is 3. The molecule has 5 heteroatoms. The average molecular weight is 343 g/mol. The molecular weight excluding hydrogens is 329 g/mol. The molecule has 0 saturated heterocycles. The normalized spacial score (nSPS) is 10.7. The van der Waals surface area contributed by atoms with Gasteiger partial charge in [-0.3, -0.25) is 14.3 Å². The number of para-hydroxylation sites is 1. The highest BCUT2D eigenvalue weighted by atomic mass is 19.1. The summed E-state index contributed by atoms with van der Waals surface area (Å²) in [4.78, 5) is 21.1. The number of pyridine rings is 3. The maximum Gasteiger partial charge on any atom is 0.263 e. The topological polar surface area (TPSA) is 47.8 Å². The molecule has 0 bridgehead atoms. The lowest BCUT2D eigenvalue weighted by molar-refractivity contribution is 0.584. The molecule has 0 saturated carbocycles. The van der Waals surface area contributed by atoms with Gasteiger partial charge >= 0.3 is 0 Å². The third-order valence-corrected chi connectivity index (χ3v) is 4.05. The Kier molecular flexibility index (Phi) is 4.11. The van der Waals surface area contributed by atoms with E-state index in [4.69, 9.17) is 0 Å². The minimum atomic E-state index is -0.585. The van der Waals surface area contributed by atoms with Crippen LogP contribution in [0.15, 0.2) is 90.1 Å². The Labute approximate surface area is 149 Å². The number of hydrogen-bond donors (Lipinski definition) is 0. The summed E-state index contributed by atoms with van der Waals surface area (Å²) in [6.07, 6.45) is 4.83. The highest BCUT2D eigenvalue weighted by Gasteiger charge is 2.12. The van der Waals surface area contributed by atoms with Crippen LogP contribution in [0.1, 0.15) is 0 Å². The molecule has 0 unspecified atom stereocenters. The monoisotopic (exact) mass is 343 g/mol. The summed E-state index contributed by atoms with van der Waals surface area (Å²) >= 11 is 0. The van der Waals surface area contributed by atoms with E-state index in [1.165, 1.54) is 12.3 Å². The van der Waals surface area contributed by atoms with Gasteiger partial charge in [0, 0.05) is 41.0 Å². The maximum absolute atomic E-state index is 13.2. The first kappa shape index (κ1) is 15.9. The summed E-state index contributed by atoms with van der Waals surface area (Å²) in [6.45, 7) is 0. The third-order valence-electron chi connectivity index (χ3n) is 4.05. The van der Waals surface area contributed by atoms with Crippen molar-refractivity contribution in [1.29, 1.82) is 0 Å². The fourth-order valence-electron chi connectivity index (χ4n) is 2.78. The van der Waals surface area contributed by atoms with Gasteiger partial charge in [-0.25, -0.2) is 4.98 Å². The SMILES string of the molecule is O=c1c(-c2ccc(F)nc2)cc(-c2ccccn2)cn1-c1ccccc1. The standard InChI is InChI=1S/C21H14FN3O/c22-20-10-9-15(13-24-20)18-12-16(19-8-4-5-11-23-19)14-25(21(18)26)17-6-2-1-3-7-17/h1-14H. The van der Waals surface area contributed by atoms with E-state index in [-0.39, 0.29) is 5.56 Å². The number of rotatable bonds is 3. The van der Waals surface area contributed by atoms with Crippen molar-refractivity contribution in [3.63, 3.8) is 0 Å². The highest BCUT2D eigenvalue weighted by Crippen LogP contribution is 2.23. The summed E-state index contributed by atoms with van der Waals surface area (Å²) in [5, 5.41) is 0. The van der Waals surface area contributed by atoms with Gasteiger partial charge in [-0.05, 0) is 42.5 Å². The van der Waals surface area contributed by atoms with E-state index in [2.05, 4.69) is 9.97 Å². The molecule has 0 atom stereocenters. The molecule has 0 fully saturated rings. The van der Waals surface area contributed by atoms with Crippen LogP contribution in [0, 0.1) is 5.95 Å². The number of aromatic nitrogens is 3. The van der Waals surface area contributed by atoms with Gasteiger partial charge in [0.25, 0.3) is 5.56 Å². The predicted octanol–water partition coefficient (Wildman–Crippen LogP) is 4.10. The molecule has 4 rings (SSSR count). The molecule has 1 aromatic carbocycles. The summed E-state index contributed by atoms with van der Waals surface area (Å²) < 4.78 is 14.8. The van der Waals surface area contributed by atoms with Crippen LogP contribution in [-0.2, 0) is 0 Å². The zero-order valence-corrected chi connectivity index (χ0v) is 13.7. The van der Waals surface area contributed by atoms with E-state index < -0.39 is 5.95 Å². The fourth-order valence-corrected chi connectivity index (χ4v) is 2.78. The molecule has 3 heterocycles. The van der Waals surface area contributed by atoms with Crippen LogP contribution in [0.5, 0.6) is 0 Å². The second-order valence-electron chi connectivity index (χ2n) is 5.74. The lowest BCUT2D eigenvalue weighted by Gasteiger charge is -2.12. The van der Waals surface area contributed by atoms with Gasteiger partial charge in [0.2, 0.25) is 5.95 Å². The lowest BCUT2D eigenvalue weighted by atomic mass is 10.1. The average Bonchev–Trinajstić information content (AvgIpc) is 2.70. The van der Waals surface area contributed by atoms with Crippen LogP contribution in [0.4, 0.5) is 4.39 Å². The predicted molar refractivity (Wildman–Crippen MR) is 98.5 cm³/mol. The zero-order valence-electron chi connectivity index (χ0n) is 13.7. The van der Waals surface area contributed by atoms with Crippen molar-refractivity contribution in [3.05, 3.63) is 102 Å². The Hall–Kier alpha value is -3.60. The first-order valence-corrected chi connectivity index (χ1v) is 8.08. The van der Waals surface area contributed by atoms with Gasteiger partial charge in [0.05, 0.1) is 5.69 Å². The van der Waals surface area contributed by atoms with Gasteiger partial charge in [-0.1, -0.05) is 24.3 Å². The van der Waals surface area contributed by atoms with Gasteiger partial charge in [-0.2, -0.15) is 4.39 Å². The van der Waals surface area contributed by atoms with E-state index >= 15 is 0 Å². The third kappa shape index (κ3) is 3.02. The largest absolute Gasteiger partial charge is 0.283 e. The van der Waals surface area contributed by atoms with Crippen molar-refractivity contribution < 1.29 is 4.39 Å². The van der Waals surface area contributed by atoms with E-state index in [1.807, 2.05) is 48.5 Å². The van der Waals surface area contributed by atoms with Crippen molar-refractivity contribution in [2.75, 3.05) is 0 Å². The Bertz CT molecular complexity index is 1090. The van der Waals surface area contributed by atoms with Crippen LogP contribution in [0.2, 0.25) is 0 Å². The molecule has 4 aromatic rings. The van der Waals surface area contributed by atoms with Crippen LogP contribution in [0.25, 0.3) is 28.1 Å². The minimum absolute atomic E-state index is 0.204. The van der Waals surface area contributed by atoms with Crippen LogP contribution in [0.3, 0.4) is 0 Å². The van der Waals surface area contributed by atoms with Gasteiger partial charge in [0.15, 0.2) is 0 Å². The maximum atomic E-state index is 13.2. The Morgan fingerprint density at radius 2 is 1.65 bits per heavy atom. The molecule has 26 heavy (non-hydrogen) atoms. The molecule has 0 radical (unpaired) electrons. The molecule has 0 aliphatic heterocycles. The molecule has 0 aliphatic carbocycles.